The van der Waals surface area contributed by atoms with Gasteiger partial charge < -0.3 is 14.6 Å². The molecular formula is C17H14O4. The number of aromatic hydroxyl groups is 1. The number of ether oxygens (including phenoxy) is 2. The first-order chi connectivity index (χ1) is 10.2. The third-order valence-corrected chi connectivity index (χ3v) is 3.16. The molecule has 106 valence electrons. The Hall–Kier alpha value is -2.75. The maximum Gasteiger partial charge on any atom is 0.189 e. The molecular weight excluding hydrogens is 268 g/mol. The minimum atomic E-state index is -0.247. The van der Waals surface area contributed by atoms with E-state index in [2.05, 4.69) is 0 Å². The number of ketones is 1. The summed E-state index contributed by atoms with van der Waals surface area (Å²) in [5, 5.41) is 9.64. The van der Waals surface area contributed by atoms with Crippen LogP contribution < -0.4 is 9.47 Å². The zero-order valence-electron chi connectivity index (χ0n) is 11.3. The van der Waals surface area contributed by atoms with Gasteiger partial charge in [-0.25, -0.2) is 0 Å². The van der Waals surface area contributed by atoms with E-state index in [9.17, 15) is 9.90 Å². The molecule has 21 heavy (non-hydrogen) atoms. The second kappa shape index (κ2) is 5.71. The number of hydrogen-bond acceptors (Lipinski definition) is 4. The van der Waals surface area contributed by atoms with Crippen molar-refractivity contribution in [2.24, 2.45) is 0 Å². The van der Waals surface area contributed by atoms with Crippen molar-refractivity contribution in [3.8, 4) is 17.2 Å². The van der Waals surface area contributed by atoms with E-state index in [1.165, 1.54) is 12.1 Å². The van der Waals surface area contributed by atoms with E-state index < -0.39 is 0 Å². The quantitative estimate of drug-likeness (QED) is 0.694. The fraction of sp³-hybridized carbons (Fsp3) is 0.118. The lowest BCUT2D eigenvalue weighted by Crippen LogP contribution is -2.15. The first-order valence-electron chi connectivity index (χ1n) is 6.64. The van der Waals surface area contributed by atoms with E-state index in [0.717, 1.165) is 5.56 Å². The number of hydrogen-bond donors (Lipinski definition) is 1. The van der Waals surface area contributed by atoms with Gasteiger partial charge in [0.25, 0.3) is 0 Å². The number of carbonyl (C=O) groups is 1. The number of rotatable bonds is 3. The Kier molecular flexibility index (Phi) is 3.60. The summed E-state index contributed by atoms with van der Waals surface area (Å²) in [6, 6.07) is 12.0. The Balaban J connectivity index is 1.80. The average molecular weight is 282 g/mol. The largest absolute Gasteiger partial charge is 0.507 e. The van der Waals surface area contributed by atoms with Gasteiger partial charge in [-0.05, 0) is 35.9 Å². The van der Waals surface area contributed by atoms with Crippen LogP contribution in [0.3, 0.4) is 0 Å². The van der Waals surface area contributed by atoms with Gasteiger partial charge in [0, 0.05) is 0 Å². The van der Waals surface area contributed by atoms with Gasteiger partial charge in [-0.1, -0.05) is 24.3 Å². The second-order valence-electron chi connectivity index (χ2n) is 4.62. The summed E-state index contributed by atoms with van der Waals surface area (Å²) in [5.74, 6) is 1.13. The van der Waals surface area contributed by atoms with Gasteiger partial charge in [0.15, 0.2) is 17.3 Å². The van der Waals surface area contributed by atoms with Crippen LogP contribution in [0.4, 0.5) is 0 Å². The van der Waals surface area contributed by atoms with E-state index >= 15 is 0 Å². The predicted octanol–water partition coefficient (Wildman–Crippen LogP) is 3.06. The summed E-state index contributed by atoms with van der Waals surface area (Å²) in [7, 11) is 0. The van der Waals surface area contributed by atoms with E-state index in [-0.39, 0.29) is 17.1 Å². The fourth-order valence-corrected chi connectivity index (χ4v) is 2.11. The van der Waals surface area contributed by atoms with E-state index in [1.54, 1.807) is 24.3 Å². The molecule has 2 aromatic carbocycles. The predicted molar refractivity (Wildman–Crippen MR) is 78.9 cm³/mol. The molecule has 0 radical (unpaired) electrons. The molecule has 0 aliphatic carbocycles. The van der Waals surface area contributed by atoms with Crippen LogP contribution in [0.2, 0.25) is 0 Å². The summed E-state index contributed by atoms with van der Waals surface area (Å²) >= 11 is 0. The van der Waals surface area contributed by atoms with Crippen LogP contribution >= 0.6 is 0 Å². The Bertz CT molecular complexity index is 704. The maximum absolute atomic E-state index is 12.0. The Morgan fingerprint density at radius 1 is 1.05 bits per heavy atom. The molecule has 0 aromatic heterocycles. The SMILES string of the molecule is O=C(C=Cc1ccc2c(c1)OCCO2)c1ccccc1O. The Morgan fingerprint density at radius 2 is 1.81 bits per heavy atom. The van der Waals surface area contributed by atoms with Gasteiger partial charge in [-0.3, -0.25) is 4.79 Å². The molecule has 3 rings (SSSR count). The molecule has 1 aliphatic rings. The number of phenols is 1. The van der Waals surface area contributed by atoms with Crippen LogP contribution in [0, 0.1) is 0 Å². The summed E-state index contributed by atoms with van der Waals surface area (Å²) in [4.78, 5) is 12.0. The highest BCUT2D eigenvalue weighted by Gasteiger charge is 2.11. The van der Waals surface area contributed by atoms with Gasteiger partial charge in [0.05, 0.1) is 5.56 Å². The molecule has 0 saturated heterocycles. The zero-order chi connectivity index (χ0) is 14.7. The third kappa shape index (κ3) is 2.89. The highest BCUT2D eigenvalue weighted by atomic mass is 16.6. The van der Waals surface area contributed by atoms with Crippen LogP contribution in [-0.2, 0) is 0 Å². The third-order valence-electron chi connectivity index (χ3n) is 3.16. The first-order valence-corrected chi connectivity index (χ1v) is 6.64. The van der Waals surface area contributed by atoms with E-state index in [4.69, 9.17) is 9.47 Å². The second-order valence-corrected chi connectivity index (χ2v) is 4.62. The molecule has 1 aliphatic heterocycles. The van der Waals surface area contributed by atoms with Gasteiger partial charge in [0.1, 0.15) is 19.0 Å². The molecule has 0 bridgehead atoms. The van der Waals surface area contributed by atoms with Crippen molar-refractivity contribution in [3.05, 3.63) is 59.7 Å². The minimum absolute atomic E-state index is 0.0191. The van der Waals surface area contributed by atoms with Crippen LogP contribution in [-0.4, -0.2) is 24.1 Å². The van der Waals surface area contributed by atoms with Gasteiger partial charge in [0.2, 0.25) is 0 Å². The molecule has 0 spiro atoms. The number of para-hydroxylation sites is 1. The molecule has 1 heterocycles. The lowest BCUT2D eigenvalue weighted by Gasteiger charge is -2.18. The zero-order valence-corrected chi connectivity index (χ0v) is 11.3. The molecule has 2 aromatic rings. The van der Waals surface area contributed by atoms with Gasteiger partial charge >= 0.3 is 0 Å². The molecule has 0 atom stereocenters. The molecule has 0 amide bonds. The molecule has 4 heteroatoms. The van der Waals surface area contributed by atoms with Crippen molar-refractivity contribution in [1.82, 2.24) is 0 Å². The van der Waals surface area contributed by atoms with Crippen LogP contribution in [0.5, 0.6) is 17.2 Å². The topological polar surface area (TPSA) is 55.8 Å². The smallest absolute Gasteiger partial charge is 0.189 e. The summed E-state index contributed by atoms with van der Waals surface area (Å²) in [6.45, 7) is 1.07. The van der Waals surface area contributed by atoms with Crippen LogP contribution in [0.1, 0.15) is 15.9 Å². The number of allylic oxidation sites excluding steroid dienone is 1. The number of carbonyl (C=O) groups excluding carboxylic acids is 1. The number of fused-ring (bicyclic) bond motifs is 1. The molecule has 4 nitrogen and oxygen atoms in total. The van der Waals surface area contributed by atoms with Gasteiger partial charge in [-0.2, -0.15) is 0 Å². The van der Waals surface area contributed by atoms with Crippen molar-refractivity contribution < 1.29 is 19.4 Å². The van der Waals surface area contributed by atoms with Crippen molar-refractivity contribution >= 4 is 11.9 Å². The Labute approximate surface area is 122 Å². The van der Waals surface area contributed by atoms with Crippen molar-refractivity contribution in [2.75, 3.05) is 13.2 Å². The standard InChI is InChI=1S/C17H14O4/c18-14-4-2-1-3-13(14)15(19)7-5-12-6-8-16-17(11-12)21-10-9-20-16/h1-8,11,18H,9-10H2. The summed E-state index contributed by atoms with van der Waals surface area (Å²) in [6.07, 6.45) is 3.12. The van der Waals surface area contributed by atoms with Crippen LogP contribution in [0.15, 0.2) is 48.5 Å². The average Bonchev–Trinajstić information content (AvgIpc) is 2.53. The lowest BCUT2D eigenvalue weighted by atomic mass is 10.1. The molecule has 0 saturated carbocycles. The van der Waals surface area contributed by atoms with Gasteiger partial charge in [-0.15, -0.1) is 0 Å². The number of phenolic OH excluding ortho intramolecular Hbond substituents is 1. The molecule has 0 unspecified atom stereocenters. The fourth-order valence-electron chi connectivity index (χ4n) is 2.11. The molecule has 0 fully saturated rings. The highest BCUT2D eigenvalue weighted by Crippen LogP contribution is 2.31. The first kappa shape index (κ1) is 13.2. The summed E-state index contributed by atoms with van der Waals surface area (Å²) in [5.41, 5.74) is 1.12. The molecule has 1 N–H and O–H groups in total. The normalized spacial score (nSPS) is 13.3. The van der Waals surface area contributed by atoms with E-state index in [0.29, 0.717) is 24.7 Å². The summed E-state index contributed by atoms with van der Waals surface area (Å²) < 4.78 is 10.9. The Morgan fingerprint density at radius 3 is 2.62 bits per heavy atom. The lowest BCUT2D eigenvalue weighted by molar-refractivity contribution is 0.104. The minimum Gasteiger partial charge on any atom is -0.507 e. The number of benzene rings is 2. The van der Waals surface area contributed by atoms with E-state index in [1.807, 2.05) is 18.2 Å². The van der Waals surface area contributed by atoms with Crippen molar-refractivity contribution in [2.45, 2.75) is 0 Å². The highest BCUT2D eigenvalue weighted by molar-refractivity contribution is 6.08. The van der Waals surface area contributed by atoms with Crippen LogP contribution in [0.25, 0.3) is 6.08 Å². The monoisotopic (exact) mass is 282 g/mol. The van der Waals surface area contributed by atoms with Crippen molar-refractivity contribution in [3.63, 3.8) is 0 Å². The maximum atomic E-state index is 12.0. The van der Waals surface area contributed by atoms with Crippen molar-refractivity contribution in [1.29, 1.82) is 0 Å².